The number of hydrogen-bond donors (Lipinski definition) is 1. The van der Waals surface area contributed by atoms with Crippen molar-refractivity contribution in [2.45, 2.75) is 18.2 Å². The van der Waals surface area contributed by atoms with Crippen molar-refractivity contribution >= 4 is 9.84 Å². The second-order valence-electron chi connectivity index (χ2n) is 5.52. The Hall–Kier alpha value is -2.26. The van der Waals surface area contributed by atoms with Gasteiger partial charge >= 0.3 is 6.36 Å². The third-order valence-corrected chi connectivity index (χ3v) is 4.84. The van der Waals surface area contributed by atoms with Gasteiger partial charge in [0.05, 0.1) is 11.5 Å². The van der Waals surface area contributed by atoms with Crippen molar-refractivity contribution in [2.75, 3.05) is 12.4 Å². The maximum Gasteiger partial charge on any atom is 0.573 e. The second kappa shape index (κ2) is 8.41. The van der Waals surface area contributed by atoms with Crippen molar-refractivity contribution in [3.8, 4) is 11.5 Å². The molecule has 0 amide bonds. The van der Waals surface area contributed by atoms with Crippen LogP contribution < -0.4 is 9.47 Å². The van der Waals surface area contributed by atoms with Crippen LogP contribution in [0.15, 0.2) is 54.6 Å². The fraction of sp³-hybridized carbons (Fsp3) is 0.294. The highest BCUT2D eigenvalue weighted by atomic mass is 32.2. The molecule has 0 aliphatic rings. The molecule has 0 fully saturated rings. The first-order chi connectivity index (χ1) is 12.1. The fourth-order valence-electron chi connectivity index (χ4n) is 2.16. The molecule has 5 nitrogen and oxygen atoms in total. The quantitative estimate of drug-likeness (QED) is 0.750. The fourth-order valence-corrected chi connectivity index (χ4v) is 3.66. The molecule has 9 heteroatoms. The maximum absolute atomic E-state index is 12.1. The first-order valence-electron chi connectivity index (χ1n) is 7.54. The van der Waals surface area contributed by atoms with Crippen LogP contribution in [0.3, 0.4) is 0 Å². The highest BCUT2D eigenvalue weighted by Crippen LogP contribution is 2.24. The van der Waals surface area contributed by atoms with Gasteiger partial charge in [-0.1, -0.05) is 30.3 Å². The van der Waals surface area contributed by atoms with E-state index in [1.807, 2.05) is 0 Å². The minimum atomic E-state index is -4.79. The van der Waals surface area contributed by atoms with Gasteiger partial charge in [-0.3, -0.25) is 0 Å². The zero-order chi connectivity index (χ0) is 19.2. The Morgan fingerprint density at radius 1 is 0.962 bits per heavy atom. The molecule has 2 aromatic rings. The van der Waals surface area contributed by atoms with E-state index in [1.54, 1.807) is 30.3 Å². The first kappa shape index (κ1) is 20.1. The van der Waals surface area contributed by atoms with Gasteiger partial charge in [0.25, 0.3) is 0 Å². The van der Waals surface area contributed by atoms with Gasteiger partial charge in [-0.2, -0.15) is 0 Å². The molecule has 0 aliphatic carbocycles. The summed E-state index contributed by atoms with van der Waals surface area (Å²) in [4.78, 5) is 0. The van der Waals surface area contributed by atoms with E-state index in [1.165, 1.54) is 12.1 Å². The van der Waals surface area contributed by atoms with Crippen molar-refractivity contribution in [1.82, 2.24) is 0 Å². The molecule has 2 rings (SSSR count). The Morgan fingerprint density at radius 3 is 2.12 bits per heavy atom. The van der Waals surface area contributed by atoms with Crippen LogP contribution in [0.1, 0.15) is 5.56 Å². The van der Waals surface area contributed by atoms with E-state index in [0.717, 1.165) is 12.1 Å². The number of rotatable bonds is 8. The van der Waals surface area contributed by atoms with Crippen LogP contribution in [-0.4, -0.2) is 38.4 Å². The van der Waals surface area contributed by atoms with Gasteiger partial charge in [0.2, 0.25) is 0 Å². The minimum Gasteiger partial charge on any atom is -0.491 e. The van der Waals surface area contributed by atoms with E-state index in [9.17, 15) is 26.7 Å². The van der Waals surface area contributed by atoms with Crippen molar-refractivity contribution < 1.29 is 36.2 Å². The lowest BCUT2D eigenvalue weighted by Gasteiger charge is -2.13. The van der Waals surface area contributed by atoms with Crippen LogP contribution in [0.4, 0.5) is 13.2 Å². The van der Waals surface area contributed by atoms with Crippen molar-refractivity contribution in [1.29, 1.82) is 0 Å². The summed E-state index contributed by atoms with van der Waals surface area (Å²) < 4.78 is 69.2. The molecule has 0 aromatic heterocycles. The third kappa shape index (κ3) is 7.32. The van der Waals surface area contributed by atoms with E-state index in [-0.39, 0.29) is 18.1 Å². The Morgan fingerprint density at radius 2 is 1.54 bits per heavy atom. The number of hydrogen-bond acceptors (Lipinski definition) is 5. The minimum absolute atomic E-state index is 0.180. The van der Waals surface area contributed by atoms with Crippen molar-refractivity contribution in [3.63, 3.8) is 0 Å². The summed E-state index contributed by atoms with van der Waals surface area (Å²) in [6, 6.07) is 13.1. The summed E-state index contributed by atoms with van der Waals surface area (Å²) in [7, 11) is -3.54. The molecule has 0 aliphatic heterocycles. The number of aliphatic hydroxyl groups is 1. The average molecular weight is 390 g/mol. The summed E-state index contributed by atoms with van der Waals surface area (Å²) in [6.07, 6.45) is -6.05. The molecule has 0 heterocycles. The van der Waals surface area contributed by atoms with Crippen LogP contribution in [0.5, 0.6) is 11.5 Å². The molecule has 0 saturated heterocycles. The molecule has 2 aromatic carbocycles. The molecule has 0 radical (unpaired) electrons. The summed E-state index contributed by atoms with van der Waals surface area (Å²) >= 11 is 0. The summed E-state index contributed by atoms with van der Waals surface area (Å²) in [5, 5.41) is 9.85. The van der Waals surface area contributed by atoms with Gasteiger partial charge in [-0.05, 0) is 29.8 Å². The lowest BCUT2D eigenvalue weighted by molar-refractivity contribution is -0.274. The summed E-state index contributed by atoms with van der Waals surface area (Å²) in [5.41, 5.74) is 0.612. The molecule has 142 valence electrons. The largest absolute Gasteiger partial charge is 0.573 e. The van der Waals surface area contributed by atoms with E-state index in [4.69, 9.17) is 4.74 Å². The highest BCUT2D eigenvalue weighted by Gasteiger charge is 2.31. The molecule has 0 unspecified atom stereocenters. The normalized spacial score (nSPS) is 13.2. The van der Waals surface area contributed by atoms with Gasteiger partial charge in [0.1, 0.15) is 24.2 Å². The van der Waals surface area contributed by atoms with E-state index in [0.29, 0.717) is 5.56 Å². The maximum atomic E-state index is 12.1. The second-order valence-corrected chi connectivity index (χ2v) is 7.63. The third-order valence-electron chi connectivity index (χ3n) is 3.18. The Bertz CT molecular complexity index is 789. The molecule has 0 bridgehead atoms. The molecule has 26 heavy (non-hydrogen) atoms. The molecular weight excluding hydrogens is 373 g/mol. The zero-order valence-corrected chi connectivity index (χ0v) is 14.3. The molecular formula is C17H17F3O5S. The molecule has 0 spiro atoms. The number of alkyl halides is 3. The number of aliphatic hydroxyl groups excluding tert-OH is 1. The van der Waals surface area contributed by atoms with Gasteiger partial charge in [0.15, 0.2) is 9.84 Å². The highest BCUT2D eigenvalue weighted by molar-refractivity contribution is 7.90. The average Bonchev–Trinajstić information content (AvgIpc) is 2.53. The summed E-state index contributed by atoms with van der Waals surface area (Å²) in [5.74, 6) is -0.916. The van der Waals surface area contributed by atoms with Crippen LogP contribution in [0.25, 0.3) is 0 Å². The number of ether oxygens (including phenoxy) is 2. The topological polar surface area (TPSA) is 72.8 Å². The predicted molar refractivity (Wildman–Crippen MR) is 88.6 cm³/mol. The first-order valence-corrected chi connectivity index (χ1v) is 9.36. The lowest BCUT2D eigenvalue weighted by Crippen LogP contribution is -2.27. The van der Waals surface area contributed by atoms with E-state index >= 15 is 0 Å². The SMILES string of the molecule is O=S(=O)(Cc1ccccc1)C[C@H](O)COc1ccc(OC(F)(F)F)cc1. The van der Waals surface area contributed by atoms with Crippen molar-refractivity contribution in [3.05, 3.63) is 60.2 Å². The van der Waals surface area contributed by atoms with Gasteiger partial charge in [0, 0.05) is 0 Å². The van der Waals surface area contributed by atoms with E-state index < -0.39 is 33.8 Å². The van der Waals surface area contributed by atoms with Crippen LogP contribution in [0, 0.1) is 0 Å². The van der Waals surface area contributed by atoms with Crippen LogP contribution >= 0.6 is 0 Å². The number of benzene rings is 2. The van der Waals surface area contributed by atoms with Gasteiger partial charge in [-0.25, -0.2) is 8.42 Å². The van der Waals surface area contributed by atoms with E-state index in [2.05, 4.69) is 4.74 Å². The van der Waals surface area contributed by atoms with Gasteiger partial charge in [-0.15, -0.1) is 13.2 Å². The molecule has 0 saturated carbocycles. The molecule has 1 N–H and O–H groups in total. The molecule has 1 atom stereocenters. The van der Waals surface area contributed by atoms with Gasteiger partial charge < -0.3 is 14.6 Å². The Balaban J connectivity index is 1.83. The van der Waals surface area contributed by atoms with Crippen molar-refractivity contribution in [2.24, 2.45) is 0 Å². The Labute approximate surface area is 148 Å². The lowest BCUT2D eigenvalue weighted by atomic mass is 10.2. The monoisotopic (exact) mass is 390 g/mol. The number of sulfone groups is 1. The van der Waals surface area contributed by atoms with Crippen LogP contribution in [0.2, 0.25) is 0 Å². The standard InChI is InChI=1S/C17H17F3O5S/c18-17(19,20)25-16-8-6-15(7-9-16)24-10-14(21)12-26(22,23)11-13-4-2-1-3-5-13/h1-9,14,21H,10-12H2/t14-/m1/s1. The zero-order valence-electron chi connectivity index (χ0n) is 13.5. The smallest absolute Gasteiger partial charge is 0.491 e. The van der Waals surface area contributed by atoms with Crippen LogP contribution in [-0.2, 0) is 15.6 Å². The Kier molecular flexibility index (Phi) is 6.49. The number of halogens is 3. The predicted octanol–water partition coefficient (Wildman–Crippen LogP) is 2.94. The summed E-state index contributed by atoms with van der Waals surface area (Å²) in [6.45, 7) is -0.312.